The molecule has 0 aliphatic carbocycles. The second-order valence-electron chi connectivity index (χ2n) is 5.28. The molecule has 1 aliphatic heterocycles. The Kier molecular flexibility index (Phi) is 5.27. The number of aryl methyl sites for hydroxylation is 1. The van der Waals surface area contributed by atoms with Crippen LogP contribution in [0.5, 0.6) is 0 Å². The van der Waals surface area contributed by atoms with E-state index in [0.29, 0.717) is 18.3 Å². The SMILES string of the molecule is Cc1oc(-c2ccsc2)nc1CON=C(N)CN1CCOCC1. The first-order valence-electron chi connectivity index (χ1n) is 7.45. The lowest BCUT2D eigenvalue weighted by Crippen LogP contribution is -2.41. The number of nitrogens with zero attached hydrogens (tertiary/aromatic N) is 3. The van der Waals surface area contributed by atoms with Gasteiger partial charge in [-0.25, -0.2) is 4.98 Å². The quantitative estimate of drug-likeness (QED) is 0.492. The minimum absolute atomic E-state index is 0.239. The van der Waals surface area contributed by atoms with Gasteiger partial charge in [0.15, 0.2) is 12.4 Å². The average Bonchev–Trinajstić information content (AvgIpc) is 3.18. The molecule has 8 heteroatoms. The Morgan fingerprint density at radius 3 is 3.04 bits per heavy atom. The molecule has 2 N–H and O–H groups in total. The molecule has 0 unspecified atom stereocenters. The van der Waals surface area contributed by atoms with Gasteiger partial charge in [0.2, 0.25) is 5.89 Å². The van der Waals surface area contributed by atoms with Crippen LogP contribution in [0.2, 0.25) is 0 Å². The van der Waals surface area contributed by atoms with Crippen LogP contribution in [0.15, 0.2) is 26.4 Å². The first-order chi connectivity index (χ1) is 11.2. The molecule has 2 aromatic rings. The molecule has 124 valence electrons. The summed E-state index contributed by atoms with van der Waals surface area (Å²) in [5.74, 6) is 1.78. The van der Waals surface area contributed by atoms with Crippen LogP contribution in [-0.2, 0) is 16.2 Å². The second-order valence-corrected chi connectivity index (χ2v) is 6.06. The zero-order valence-corrected chi connectivity index (χ0v) is 13.8. The molecule has 3 heterocycles. The van der Waals surface area contributed by atoms with E-state index in [1.165, 1.54) is 0 Å². The molecule has 0 spiro atoms. The summed E-state index contributed by atoms with van der Waals surface area (Å²) in [5, 5.41) is 7.94. The summed E-state index contributed by atoms with van der Waals surface area (Å²) < 4.78 is 10.9. The number of nitrogens with two attached hydrogens (primary N) is 1. The molecule has 0 radical (unpaired) electrons. The van der Waals surface area contributed by atoms with Crippen LogP contribution in [0.1, 0.15) is 11.5 Å². The van der Waals surface area contributed by atoms with Gasteiger partial charge in [-0.2, -0.15) is 11.3 Å². The van der Waals surface area contributed by atoms with Gasteiger partial charge in [-0.05, 0) is 18.4 Å². The molecule has 7 nitrogen and oxygen atoms in total. The van der Waals surface area contributed by atoms with Crippen molar-refractivity contribution in [3.63, 3.8) is 0 Å². The first-order valence-corrected chi connectivity index (χ1v) is 8.40. The second kappa shape index (κ2) is 7.58. The van der Waals surface area contributed by atoms with E-state index in [4.69, 9.17) is 19.7 Å². The molecule has 0 aromatic carbocycles. The van der Waals surface area contributed by atoms with Gasteiger partial charge in [0, 0.05) is 24.0 Å². The molecule has 1 aliphatic rings. The number of rotatable bonds is 6. The fraction of sp³-hybridized carbons (Fsp3) is 0.467. The maximum absolute atomic E-state index is 5.89. The van der Waals surface area contributed by atoms with Crippen molar-refractivity contribution in [2.75, 3.05) is 32.8 Å². The van der Waals surface area contributed by atoms with Gasteiger partial charge in [-0.1, -0.05) is 5.16 Å². The van der Waals surface area contributed by atoms with Gasteiger partial charge in [0.05, 0.1) is 19.8 Å². The Balaban J connectivity index is 1.52. The van der Waals surface area contributed by atoms with Gasteiger partial charge in [-0.15, -0.1) is 0 Å². The number of oxime groups is 1. The van der Waals surface area contributed by atoms with Gasteiger partial charge in [0.1, 0.15) is 11.5 Å². The van der Waals surface area contributed by atoms with Crippen LogP contribution in [-0.4, -0.2) is 48.6 Å². The predicted molar refractivity (Wildman–Crippen MR) is 88.2 cm³/mol. The summed E-state index contributed by atoms with van der Waals surface area (Å²) in [6.07, 6.45) is 0. The Bertz CT molecular complexity index is 648. The van der Waals surface area contributed by atoms with Crippen molar-refractivity contribution in [2.45, 2.75) is 13.5 Å². The van der Waals surface area contributed by atoms with E-state index >= 15 is 0 Å². The normalized spacial score (nSPS) is 16.7. The van der Waals surface area contributed by atoms with E-state index in [2.05, 4.69) is 15.0 Å². The molecule has 0 atom stereocenters. The van der Waals surface area contributed by atoms with E-state index in [0.717, 1.165) is 43.3 Å². The van der Waals surface area contributed by atoms with Crippen molar-refractivity contribution in [2.24, 2.45) is 10.9 Å². The van der Waals surface area contributed by atoms with E-state index in [1.807, 2.05) is 23.8 Å². The molecule has 1 saturated heterocycles. The largest absolute Gasteiger partial charge is 0.441 e. The predicted octanol–water partition coefficient (Wildman–Crippen LogP) is 1.83. The monoisotopic (exact) mass is 336 g/mol. The number of thiophene rings is 1. The van der Waals surface area contributed by atoms with Crippen LogP contribution in [0, 0.1) is 6.92 Å². The fourth-order valence-corrected chi connectivity index (χ4v) is 2.89. The molecule has 23 heavy (non-hydrogen) atoms. The highest BCUT2D eigenvalue weighted by atomic mass is 32.1. The lowest BCUT2D eigenvalue weighted by molar-refractivity contribution is 0.0442. The highest BCUT2D eigenvalue weighted by Gasteiger charge is 2.13. The van der Waals surface area contributed by atoms with Gasteiger partial charge >= 0.3 is 0 Å². The van der Waals surface area contributed by atoms with E-state index in [-0.39, 0.29) is 6.61 Å². The van der Waals surface area contributed by atoms with Gasteiger partial charge in [0.25, 0.3) is 0 Å². The molecule has 0 saturated carbocycles. The number of amidine groups is 1. The van der Waals surface area contributed by atoms with Crippen LogP contribution < -0.4 is 5.73 Å². The maximum Gasteiger partial charge on any atom is 0.227 e. The molecule has 1 fully saturated rings. The maximum atomic E-state index is 5.89. The van der Waals surface area contributed by atoms with E-state index in [1.54, 1.807) is 11.3 Å². The summed E-state index contributed by atoms with van der Waals surface area (Å²) in [4.78, 5) is 11.9. The van der Waals surface area contributed by atoms with Crippen molar-refractivity contribution in [1.29, 1.82) is 0 Å². The van der Waals surface area contributed by atoms with Crippen molar-refractivity contribution in [1.82, 2.24) is 9.88 Å². The Hall–Kier alpha value is -1.90. The Morgan fingerprint density at radius 1 is 1.48 bits per heavy atom. The number of ether oxygens (including phenoxy) is 1. The van der Waals surface area contributed by atoms with E-state index < -0.39 is 0 Å². The lowest BCUT2D eigenvalue weighted by atomic mass is 10.3. The summed E-state index contributed by atoms with van der Waals surface area (Å²) in [6, 6.07) is 1.97. The number of hydrogen-bond donors (Lipinski definition) is 1. The number of oxazole rings is 1. The van der Waals surface area contributed by atoms with Crippen LogP contribution >= 0.6 is 11.3 Å². The molecular weight excluding hydrogens is 316 g/mol. The van der Waals surface area contributed by atoms with Crippen molar-refractivity contribution in [3.05, 3.63) is 28.3 Å². The van der Waals surface area contributed by atoms with Crippen molar-refractivity contribution >= 4 is 17.2 Å². The third-order valence-electron chi connectivity index (χ3n) is 3.53. The third kappa shape index (κ3) is 4.31. The highest BCUT2D eigenvalue weighted by Crippen LogP contribution is 2.24. The van der Waals surface area contributed by atoms with Gasteiger partial charge in [-0.3, -0.25) is 4.90 Å². The Morgan fingerprint density at radius 2 is 2.30 bits per heavy atom. The molecule has 0 bridgehead atoms. The summed E-state index contributed by atoms with van der Waals surface area (Å²) >= 11 is 1.60. The number of morpholine rings is 1. The topological polar surface area (TPSA) is 86.1 Å². The van der Waals surface area contributed by atoms with Crippen LogP contribution in [0.3, 0.4) is 0 Å². The summed E-state index contributed by atoms with van der Waals surface area (Å²) in [6.45, 7) is 5.88. The summed E-state index contributed by atoms with van der Waals surface area (Å²) in [7, 11) is 0. The smallest absolute Gasteiger partial charge is 0.227 e. The molecule has 3 rings (SSSR count). The van der Waals surface area contributed by atoms with Crippen LogP contribution in [0.4, 0.5) is 0 Å². The zero-order valence-electron chi connectivity index (χ0n) is 13.0. The standard InChI is InChI=1S/C15H20N4O3S/c1-11-13(17-15(22-11)12-2-7-23-10-12)9-21-18-14(16)8-19-3-5-20-6-4-19/h2,7,10H,3-6,8-9H2,1H3,(H2,16,18). The van der Waals surface area contributed by atoms with Crippen molar-refractivity contribution < 1.29 is 14.0 Å². The fourth-order valence-electron chi connectivity index (χ4n) is 2.27. The average molecular weight is 336 g/mol. The number of hydrogen-bond acceptors (Lipinski definition) is 7. The van der Waals surface area contributed by atoms with Crippen LogP contribution in [0.25, 0.3) is 11.5 Å². The molecular formula is C15H20N4O3S. The van der Waals surface area contributed by atoms with Crippen molar-refractivity contribution in [3.8, 4) is 11.5 Å². The first kappa shape index (κ1) is 16.0. The lowest BCUT2D eigenvalue weighted by Gasteiger charge is -2.25. The highest BCUT2D eigenvalue weighted by molar-refractivity contribution is 7.08. The molecule has 2 aromatic heterocycles. The number of aromatic nitrogens is 1. The molecule has 0 amide bonds. The summed E-state index contributed by atoms with van der Waals surface area (Å²) in [5.41, 5.74) is 7.59. The minimum Gasteiger partial charge on any atom is -0.441 e. The zero-order chi connectivity index (χ0) is 16.1. The minimum atomic E-state index is 0.239. The Labute approximate surface area is 138 Å². The van der Waals surface area contributed by atoms with E-state index in [9.17, 15) is 0 Å². The third-order valence-corrected chi connectivity index (χ3v) is 4.22. The van der Waals surface area contributed by atoms with Gasteiger partial charge < -0.3 is 19.7 Å².